The van der Waals surface area contributed by atoms with Crippen LogP contribution in [0.1, 0.15) is 31.4 Å². The molecule has 0 spiro atoms. The van der Waals surface area contributed by atoms with Crippen LogP contribution in [0.4, 0.5) is 5.95 Å². The Morgan fingerprint density at radius 3 is 2.79 bits per heavy atom. The summed E-state index contributed by atoms with van der Waals surface area (Å²) in [6.45, 7) is 6.30. The van der Waals surface area contributed by atoms with E-state index in [0.29, 0.717) is 5.95 Å². The van der Waals surface area contributed by atoms with Gasteiger partial charge in [0.25, 0.3) is 0 Å². The first-order chi connectivity index (χ1) is 11.7. The number of fused-ring (bicyclic) bond motifs is 1. The highest BCUT2D eigenvalue weighted by Gasteiger charge is 2.09. The number of nitrogens with one attached hydrogen (secondary N) is 3. The molecule has 1 saturated heterocycles. The van der Waals surface area contributed by atoms with Gasteiger partial charge in [-0.05, 0) is 51.9 Å². The van der Waals surface area contributed by atoms with Crippen LogP contribution in [-0.4, -0.2) is 47.0 Å². The van der Waals surface area contributed by atoms with Crippen molar-refractivity contribution in [3.63, 3.8) is 0 Å². The molecule has 0 atom stereocenters. The zero-order chi connectivity index (χ0) is 16.8. The lowest BCUT2D eigenvalue weighted by atomic mass is 10.1. The monoisotopic (exact) mass is 326 g/mol. The quantitative estimate of drug-likeness (QED) is 0.447. The number of hydrogen-bond donors (Lipinski definition) is 3. The number of aromatic nitrogens is 2. The molecule has 3 rings (SSSR count). The van der Waals surface area contributed by atoms with Crippen LogP contribution in [0.15, 0.2) is 24.3 Å². The topological polar surface area (TPSA) is 76.9 Å². The van der Waals surface area contributed by atoms with Crippen LogP contribution >= 0.6 is 0 Å². The first kappa shape index (κ1) is 16.6. The minimum Gasteiger partial charge on any atom is -0.356 e. The van der Waals surface area contributed by atoms with E-state index in [4.69, 9.17) is 5.41 Å². The molecule has 2 aromatic rings. The first-order valence-corrected chi connectivity index (χ1v) is 8.77. The van der Waals surface area contributed by atoms with E-state index in [-0.39, 0.29) is 5.96 Å². The molecule has 0 aliphatic carbocycles. The minimum absolute atomic E-state index is 0.253. The summed E-state index contributed by atoms with van der Waals surface area (Å²) in [6.07, 6.45) is 5.06. The van der Waals surface area contributed by atoms with E-state index in [1.54, 1.807) is 0 Å². The molecular weight excluding hydrogens is 300 g/mol. The summed E-state index contributed by atoms with van der Waals surface area (Å²) >= 11 is 0. The van der Waals surface area contributed by atoms with Crippen molar-refractivity contribution in [3.8, 4) is 0 Å². The summed E-state index contributed by atoms with van der Waals surface area (Å²) in [5, 5.41) is 15.1. The molecule has 1 aliphatic rings. The molecule has 0 bridgehead atoms. The summed E-state index contributed by atoms with van der Waals surface area (Å²) in [4.78, 5) is 11.4. The second-order valence-corrected chi connectivity index (χ2v) is 6.33. The Morgan fingerprint density at radius 1 is 1.17 bits per heavy atom. The normalized spacial score (nSPS) is 15.4. The molecule has 1 aromatic carbocycles. The molecule has 1 fully saturated rings. The molecule has 1 aliphatic heterocycles. The van der Waals surface area contributed by atoms with Crippen molar-refractivity contribution in [2.24, 2.45) is 0 Å². The van der Waals surface area contributed by atoms with Crippen LogP contribution in [0, 0.1) is 12.3 Å². The highest BCUT2D eigenvalue weighted by molar-refractivity contribution is 5.91. The van der Waals surface area contributed by atoms with Gasteiger partial charge in [0.1, 0.15) is 0 Å². The Kier molecular flexibility index (Phi) is 5.59. The molecule has 0 saturated carbocycles. The molecule has 6 nitrogen and oxygen atoms in total. The maximum atomic E-state index is 8.01. The molecule has 3 N–H and O–H groups in total. The molecule has 2 heterocycles. The lowest BCUT2D eigenvalue weighted by molar-refractivity contribution is 0.227. The van der Waals surface area contributed by atoms with E-state index in [9.17, 15) is 0 Å². The zero-order valence-corrected chi connectivity index (χ0v) is 14.3. The summed E-state index contributed by atoms with van der Waals surface area (Å²) in [5.41, 5.74) is 1.81. The Balaban J connectivity index is 1.46. The van der Waals surface area contributed by atoms with Crippen molar-refractivity contribution in [1.82, 2.24) is 20.2 Å². The Hall–Kier alpha value is -2.21. The van der Waals surface area contributed by atoms with Gasteiger partial charge in [-0.2, -0.15) is 0 Å². The fourth-order valence-electron chi connectivity index (χ4n) is 3.15. The largest absolute Gasteiger partial charge is 0.356 e. The third-order valence-corrected chi connectivity index (χ3v) is 4.43. The zero-order valence-electron chi connectivity index (χ0n) is 14.3. The van der Waals surface area contributed by atoms with Crippen LogP contribution in [-0.2, 0) is 0 Å². The lowest BCUT2D eigenvalue weighted by Crippen LogP contribution is -2.35. The summed E-state index contributed by atoms with van der Waals surface area (Å²) < 4.78 is 0. The number of para-hydroxylation sites is 1. The summed E-state index contributed by atoms with van der Waals surface area (Å²) in [6, 6.07) is 7.92. The van der Waals surface area contributed by atoms with Gasteiger partial charge in [-0.3, -0.25) is 10.7 Å². The van der Waals surface area contributed by atoms with Gasteiger partial charge >= 0.3 is 0 Å². The van der Waals surface area contributed by atoms with Crippen LogP contribution in [0.3, 0.4) is 0 Å². The van der Waals surface area contributed by atoms with Gasteiger partial charge in [0.15, 0.2) is 5.96 Å². The number of likely N-dealkylation sites (tertiary alicyclic amines) is 1. The van der Waals surface area contributed by atoms with Crippen LogP contribution in [0.25, 0.3) is 10.9 Å². The molecular formula is C18H26N6. The van der Waals surface area contributed by atoms with Crippen molar-refractivity contribution < 1.29 is 0 Å². The van der Waals surface area contributed by atoms with Crippen LogP contribution < -0.4 is 10.6 Å². The lowest BCUT2D eigenvalue weighted by Gasteiger charge is -2.26. The van der Waals surface area contributed by atoms with Gasteiger partial charge in [-0.1, -0.05) is 24.6 Å². The third-order valence-electron chi connectivity index (χ3n) is 4.43. The molecule has 1 aromatic heterocycles. The van der Waals surface area contributed by atoms with E-state index in [1.807, 2.05) is 31.2 Å². The molecule has 128 valence electrons. The second-order valence-electron chi connectivity index (χ2n) is 6.33. The number of piperidine rings is 1. The SMILES string of the molecule is Cc1nc(NC(=N)NCCCN2CCCCC2)nc2ccccc12. The van der Waals surface area contributed by atoms with Gasteiger partial charge in [-0.15, -0.1) is 0 Å². The maximum Gasteiger partial charge on any atom is 0.230 e. The predicted molar refractivity (Wildman–Crippen MR) is 98.5 cm³/mol. The number of hydrogen-bond acceptors (Lipinski definition) is 4. The maximum absolute atomic E-state index is 8.01. The Labute approximate surface area is 143 Å². The fraction of sp³-hybridized carbons (Fsp3) is 0.500. The van der Waals surface area contributed by atoms with Crippen molar-refractivity contribution >= 4 is 22.8 Å². The average molecular weight is 326 g/mol. The van der Waals surface area contributed by atoms with Gasteiger partial charge in [0, 0.05) is 11.9 Å². The molecule has 6 heteroatoms. The number of rotatable bonds is 5. The number of guanidine groups is 1. The smallest absolute Gasteiger partial charge is 0.230 e. The van der Waals surface area contributed by atoms with Gasteiger partial charge < -0.3 is 10.2 Å². The molecule has 24 heavy (non-hydrogen) atoms. The third kappa shape index (κ3) is 4.41. The first-order valence-electron chi connectivity index (χ1n) is 8.77. The molecule has 0 unspecified atom stereocenters. The van der Waals surface area contributed by atoms with Crippen LogP contribution in [0.2, 0.25) is 0 Å². The van der Waals surface area contributed by atoms with Crippen molar-refractivity contribution in [1.29, 1.82) is 5.41 Å². The predicted octanol–water partition coefficient (Wildman–Crippen LogP) is 2.75. The van der Waals surface area contributed by atoms with Gasteiger partial charge in [0.2, 0.25) is 5.95 Å². The number of anilines is 1. The molecule has 0 amide bonds. The van der Waals surface area contributed by atoms with E-state index >= 15 is 0 Å². The summed E-state index contributed by atoms with van der Waals surface area (Å²) in [5.74, 6) is 0.725. The average Bonchev–Trinajstić information content (AvgIpc) is 2.60. The number of benzene rings is 1. The fourth-order valence-corrected chi connectivity index (χ4v) is 3.15. The van der Waals surface area contributed by atoms with Gasteiger partial charge in [0.05, 0.1) is 11.2 Å². The molecule has 0 radical (unpaired) electrons. The summed E-state index contributed by atoms with van der Waals surface area (Å²) in [7, 11) is 0. The van der Waals surface area contributed by atoms with Crippen molar-refractivity contribution in [2.75, 3.05) is 31.5 Å². The Morgan fingerprint density at radius 2 is 1.96 bits per heavy atom. The van der Waals surface area contributed by atoms with Crippen LogP contribution in [0.5, 0.6) is 0 Å². The van der Waals surface area contributed by atoms with E-state index in [0.717, 1.165) is 36.1 Å². The van der Waals surface area contributed by atoms with Crippen molar-refractivity contribution in [2.45, 2.75) is 32.6 Å². The second kappa shape index (κ2) is 8.06. The highest BCUT2D eigenvalue weighted by atomic mass is 15.2. The van der Waals surface area contributed by atoms with E-state index in [2.05, 4.69) is 25.5 Å². The Bertz CT molecular complexity index is 693. The number of nitrogens with zero attached hydrogens (tertiary/aromatic N) is 3. The van der Waals surface area contributed by atoms with E-state index in [1.165, 1.54) is 32.4 Å². The van der Waals surface area contributed by atoms with E-state index < -0.39 is 0 Å². The highest BCUT2D eigenvalue weighted by Crippen LogP contribution is 2.16. The van der Waals surface area contributed by atoms with Crippen molar-refractivity contribution in [3.05, 3.63) is 30.0 Å². The minimum atomic E-state index is 0.253. The number of aryl methyl sites for hydroxylation is 1. The van der Waals surface area contributed by atoms with Gasteiger partial charge in [-0.25, -0.2) is 9.97 Å². The standard InChI is InChI=1S/C18H26N6/c1-14-15-8-3-4-9-16(15)22-18(21-14)23-17(19)20-10-7-13-24-11-5-2-6-12-24/h3-4,8-9H,2,5-7,10-13H2,1H3,(H3,19,20,21,22,23).